The number of ether oxygens (including phenoxy) is 1. The molecule has 0 unspecified atom stereocenters. The van der Waals surface area contributed by atoms with Crippen LogP contribution < -0.4 is 15.6 Å². The van der Waals surface area contributed by atoms with Gasteiger partial charge in [0.25, 0.3) is 5.56 Å². The van der Waals surface area contributed by atoms with Crippen LogP contribution in [0.25, 0.3) is 11.3 Å². The van der Waals surface area contributed by atoms with Crippen molar-refractivity contribution in [2.24, 2.45) is 0 Å². The van der Waals surface area contributed by atoms with E-state index in [-0.39, 0.29) is 18.0 Å². The van der Waals surface area contributed by atoms with Crippen LogP contribution in [0.1, 0.15) is 16.7 Å². The van der Waals surface area contributed by atoms with Crippen LogP contribution in [0.4, 0.5) is 5.69 Å². The smallest absolute Gasteiger partial charge is 0.267 e. The molecule has 1 N–H and O–H groups in total. The first kappa shape index (κ1) is 19.4. The maximum atomic E-state index is 12.4. The van der Waals surface area contributed by atoms with Crippen LogP contribution in [0.5, 0.6) is 5.75 Å². The number of rotatable bonds is 5. The van der Waals surface area contributed by atoms with Gasteiger partial charge in [-0.25, -0.2) is 4.68 Å². The molecule has 0 atom stereocenters. The van der Waals surface area contributed by atoms with Gasteiger partial charge in [-0.3, -0.25) is 9.59 Å². The van der Waals surface area contributed by atoms with Gasteiger partial charge < -0.3 is 10.1 Å². The van der Waals surface area contributed by atoms with Gasteiger partial charge >= 0.3 is 0 Å². The number of para-hydroxylation sites is 2. The molecule has 1 heterocycles. The number of nitrogens with one attached hydrogen (secondary N) is 1. The van der Waals surface area contributed by atoms with E-state index >= 15 is 0 Å². The van der Waals surface area contributed by atoms with Crippen LogP contribution in [-0.2, 0) is 11.3 Å². The van der Waals surface area contributed by atoms with E-state index in [0.29, 0.717) is 17.1 Å². The molecule has 3 aromatic rings. The normalized spacial score (nSPS) is 10.6. The highest BCUT2D eigenvalue weighted by Crippen LogP contribution is 2.25. The van der Waals surface area contributed by atoms with Gasteiger partial charge in [-0.2, -0.15) is 5.10 Å². The van der Waals surface area contributed by atoms with Crippen molar-refractivity contribution in [3.05, 3.63) is 75.6 Å². The number of amides is 1. The molecule has 0 bridgehead atoms. The lowest BCUT2D eigenvalue weighted by Crippen LogP contribution is -2.29. The minimum absolute atomic E-state index is 0.186. The number of hydrogen-bond acceptors (Lipinski definition) is 4. The molecule has 0 saturated carbocycles. The summed E-state index contributed by atoms with van der Waals surface area (Å²) >= 11 is 0. The van der Waals surface area contributed by atoms with Crippen molar-refractivity contribution in [1.29, 1.82) is 0 Å². The zero-order valence-electron chi connectivity index (χ0n) is 16.4. The average molecular weight is 377 g/mol. The third-order valence-electron chi connectivity index (χ3n) is 4.66. The topological polar surface area (TPSA) is 73.2 Å². The molecule has 144 valence electrons. The number of carbonyl (C=O) groups excluding carboxylic acids is 1. The van der Waals surface area contributed by atoms with Crippen molar-refractivity contribution in [2.75, 3.05) is 12.4 Å². The lowest BCUT2D eigenvalue weighted by atomic mass is 9.99. The summed E-state index contributed by atoms with van der Waals surface area (Å²) in [6.45, 7) is 5.92. The van der Waals surface area contributed by atoms with E-state index in [9.17, 15) is 9.59 Å². The molecule has 0 radical (unpaired) electrons. The Labute approximate surface area is 163 Å². The molecule has 2 aromatic carbocycles. The number of nitrogens with zero attached hydrogens (tertiary/aromatic N) is 2. The summed E-state index contributed by atoms with van der Waals surface area (Å²) in [5.41, 5.74) is 5.23. The summed E-state index contributed by atoms with van der Waals surface area (Å²) in [4.78, 5) is 24.7. The van der Waals surface area contributed by atoms with Gasteiger partial charge in [0.15, 0.2) is 0 Å². The molecule has 3 rings (SSSR count). The van der Waals surface area contributed by atoms with E-state index in [1.807, 2.05) is 19.9 Å². The minimum atomic E-state index is -0.354. The SMILES string of the molecule is COc1ccccc1NC(=O)Cn1nc(-c2cc(C)c(C)cc2C)ccc1=O. The molecule has 6 heteroatoms. The Kier molecular flexibility index (Phi) is 5.59. The van der Waals surface area contributed by atoms with Crippen molar-refractivity contribution in [3.8, 4) is 17.0 Å². The first-order chi connectivity index (χ1) is 13.4. The van der Waals surface area contributed by atoms with E-state index in [2.05, 4.69) is 29.5 Å². The van der Waals surface area contributed by atoms with E-state index in [4.69, 9.17) is 4.74 Å². The Morgan fingerprint density at radius 3 is 2.50 bits per heavy atom. The van der Waals surface area contributed by atoms with Crippen LogP contribution in [0.15, 0.2) is 53.3 Å². The van der Waals surface area contributed by atoms with Crippen LogP contribution in [0.3, 0.4) is 0 Å². The Hall–Kier alpha value is -3.41. The molecule has 0 aliphatic rings. The molecule has 1 aromatic heterocycles. The third kappa shape index (κ3) is 4.11. The van der Waals surface area contributed by atoms with E-state index in [1.54, 1.807) is 24.3 Å². The fraction of sp³-hybridized carbons (Fsp3) is 0.227. The number of hydrogen-bond donors (Lipinski definition) is 1. The number of anilines is 1. The highest BCUT2D eigenvalue weighted by molar-refractivity contribution is 5.92. The van der Waals surface area contributed by atoms with Crippen molar-refractivity contribution in [3.63, 3.8) is 0 Å². The highest BCUT2D eigenvalue weighted by Gasteiger charge is 2.12. The Balaban J connectivity index is 1.87. The molecular weight excluding hydrogens is 354 g/mol. The third-order valence-corrected chi connectivity index (χ3v) is 4.66. The summed E-state index contributed by atoms with van der Waals surface area (Å²) in [5, 5.41) is 7.17. The van der Waals surface area contributed by atoms with Gasteiger partial charge in [0, 0.05) is 11.6 Å². The first-order valence-electron chi connectivity index (χ1n) is 8.98. The lowest BCUT2D eigenvalue weighted by molar-refractivity contribution is -0.117. The largest absolute Gasteiger partial charge is 0.495 e. The number of benzene rings is 2. The molecule has 1 amide bonds. The molecule has 0 saturated heterocycles. The molecular formula is C22H23N3O3. The van der Waals surface area contributed by atoms with Crippen molar-refractivity contribution < 1.29 is 9.53 Å². The van der Waals surface area contributed by atoms with Crippen molar-refractivity contribution in [2.45, 2.75) is 27.3 Å². The zero-order chi connectivity index (χ0) is 20.3. The Morgan fingerprint density at radius 1 is 1.04 bits per heavy atom. The maximum absolute atomic E-state index is 12.4. The molecule has 0 fully saturated rings. The lowest BCUT2D eigenvalue weighted by Gasteiger charge is -2.12. The van der Waals surface area contributed by atoms with Gasteiger partial charge in [0.1, 0.15) is 12.3 Å². The van der Waals surface area contributed by atoms with Crippen LogP contribution in [-0.4, -0.2) is 22.8 Å². The van der Waals surface area contributed by atoms with Crippen LogP contribution in [0.2, 0.25) is 0 Å². The Morgan fingerprint density at radius 2 is 1.75 bits per heavy atom. The molecule has 0 spiro atoms. The van der Waals surface area contributed by atoms with Gasteiger partial charge in [-0.05, 0) is 61.7 Å². The zero-order valence-corrected chi connectivity index (χ0v) is 16.4. The fourth-order valence-electron chi connectivity index (χ4n) is 3.02. The quantitative estimate of drug-likeness (QED) is 0.739. The van der Waals surface area contributed by atoms with E-state index < -0.39 is 0 Å². The standard InChI is InChI=1S/C22H23N3O3/c1-14-11-16(3)17(12-15(14)2)18-9-10-22(27)25(24-18)13-21(26)23-19-7-5-6-8-20(19)28-4/h5-12H,13H2,1-4H3,(H,23,26). The minimum Gasteiger partial charge on any atom is -0.495 e. The number of methoxy groups -OCH3 is 1. The van der Waals surface area contributed by atoms with Crippen molar-refractivity contribution >= 4 is 11.6 Å². The first-order valence-corrected chi connectivity index (χ1v) is 8.98. The van der Waals surface area contributed by atoms with Gasteiger partial charge in [-0.1, -0.05) is 18.2 Å². The number of carbonyl (C=O) groups is 1. The highest BCUT2D eigenvalue weighted by atomic mass is 16.5. The monoisotopic (exact) mass is 377 g/mol. The van der Waals surface area contributed by atoms with Crippen molar-refractivity contribution in [1.82, 2.24) is 9.78 Å². The molecule has 0 aliphatic carbocycles. The second kappa shape index (κ2) is 8.08. The molecule has 6 nitrogen and oxygen atoms in total. The second-order valence-electron chi connectivity index (χ2n) is 6.71. The van der Waals surface area contributed by atoms with Gasteiger partial charge in [0.05, 0.1) is 18.5 Å². The van der Waals surface area contributed by atoms with Gasteiger partial charge in [0.2, 0.25) is 5.91 Å². The number of aryl methyl sites for hydroxylation is 3. The second-order valence-corrected chi connectivity index (χ2v) is 6.71. The maximum Gasteiger partial charge on any atom is 0.267 e. The fourth-order valence-corrected chi connectivity index (χ4v) is 3.02. The van der Waals surface area contributed by atoms with Gasteiger partial charge in [-0.15, -0.1) is 0 Å². The predicted octanol–water partition coefficient (Wildman–Crippen LogP) is 3.48. The summed E-state index contributed by atoms with van der Waals surface area (Å²) < 4.78 is 6.41. The summed E-state index contributed by atoms with van der Waals surface area (Å²) in [6, 6.07) is 14.4. The van der Waals surface area contributed by atoms with Crippen LogP contribution >= 0.6 is 0 Å². The summed E-state index contributed by atoms with van der Waals surface area (Å²) in [6.07, 6.45) is 0. The van der Waals surface area contributed by atoms with Crippen LogP contribution in [0, 0.1) is 20.8 Å². The average Bonchev–Trinajstić information content (AvgIpc) is 2.67. The molecule has 28 heavy (non-hydrogen) atoms. The summed E-state index contributed by atoms with van der Waals surface area (Å²) in [5.74, 6) is 0.198. The Bertz CT molecular complexity index is 1090. The summed E-state index contributed by atoms with van der Waals surface area (Å²) in [7, 11) is 1.53. The molecule has 0 aliphatic heterocycles. The van der Waals surface area contributed by atoms with E-state index in [1.165, 1.54) is 23.4 Å². The predicted molar refractivity (Wildman–Crippen MR) is 110 cm³/mol. The van der Waals surface area contributed by atoms with E-state index in [0.717, 1.165) is 16.7 Å². The number of aromatic nitrogens is 2.